The van der Waals surface area contributed by atoms with Gasteiger partial charge in [-0.05, 0) is 6.42 Å². The molecule has 2 nitrogen and oxygen atoms in total. The highest BCUT2D eigenvalue weighted by Gasteiger charge is 2.35. The number of rotatable bonds is 1. The first-order valence-electron chi connectivity index (χ1n) is 2.78. The van der Waals surface area contributed by atoms with Gasteiger partial charge in [0.15, 0.2) is 0 Å². The van der Waals surface area contributed by atoms with Crippen LogP contribution in [0.5, 0.6) is 0 Å². The van der Waals surface area contributed by atoms with Crippen LogP contribution in [0.15, 0.2) is 0 Å². The van der Waals surface area contributed by atoms with Gasteiger partial charge in [0.05, 0.1) is 0 Å². The summed E-state index contributed by atoms with van der Waals surface area (Å²) in [5.74, 6) is -2.26. The number of amides is 1. The van der Waals surface area contributed by atoms with E-state index in [0.29, 0.717) is 0 Å². The molecule has 0 aromatic carbocycles. The zero-order chi connectivity index (χ0) is 9.49. The molecule has 68 valence electrons. The molecule has 0 radical (unpaired) electrons. The molecular formula is C5H9BrF3NO. The summed E-state index contributed by atoms with van der Waals surface area (Å²) in [6.45, 7) is 2.13. The van der Waals surface area contributed by atoms with E-state index in [1.54, 1.807) is 0 Å². The average Bonchev–Trinajstić information content (AvgIpc) is 1.87. The van der Waals surface area contributed by atoms with E-state index in [0.717, 1.165) is 5.33 Å². The maximum atomic E-state index is 10.7. The molecule has 0 heterocycles. The Morgan fingerprint density at radius 3 is 1.73 bits per heavy atom. The summed E-state index contributed by atoms with van der Waals surface area (Å²) < 4.78 is 32.1. The van der Waals surface area contributed by atoms with Crippen LogP contribution in [0.25, 0.3) is 0 Å². The van der Waals surface area contributed by atoms with E-state index in [-0.39, 0.29) is 0 Å². The van der Waals surface area contributed by atoms with Crippen LogP contribution in [0.3, 0.4) is 0 Å². The maximum absolute atomic E-state index is 10.7. The van der Waals surface area contributed by atoms with Crippen molar-refractivity contribution in [1.29, 1.82) is 0 Å². The molecule has 0 atom stereocenters. The zero-order valence-electron chi connectivity index (χ0n) is 5.91. The monoisotopic (exact) mass is 235 g/mol. The third-order valence-corrected chi connectivity index (χ3v) is 1.26. The maximum Gasteiger partial charge on any atom is 0.470 e. The quantitative estimate of drug-likeness (QED) is 0.693. The topological polar surface area (TPSA) is 43.1 Å². The number of hydrogen-bond acceptors (Lipinski definition) is 1. The molecule has 0 rings (SSSR count). The van der Waals surface area contributed by atoms with Crippen molar-refractivity contribution in [1.82, 2.24) is 0 Å². The molecule has 1 amide bonds. The highest BCUT2D eigenvalue weighted by Crippen LogP contribution is 2.11. The molecule has 0 fully saturated rings. The van der Waals surface area contributed by atoms with Crippen LogP contribution in [0.1, 0.15) is 13.3 Å². The van der Waals surface area contributed by atoms with Gasteiger partial charge in [0, 0.05) is 5.33 Å². The second-order valence-corrected chi connectivity index (χ2v) is 2.34. The standard InChI is InChI=1S/C3H7Br.C2H2F3NO/c1-2-3-4;3-2(4,5)1(6)7/h2-3H2,1H3;(H2,6,7). The molecule has 0 aliphatic carbocycles. The fourth-order valence-corrected chi connectivity index (χ4v) is 0. The van der Waals surface area contributed by atoms with E-state index in [4.69, 9.17) is 4.79 Å². The zero-order valence-corrected chi connectivity index (χ0v) is 7.50. The van der Waals surface area contributed by atoms with E-state index < -0.39 is 12.1 Å². The van der Waals surface area contributed by atoms with Crippen LogP contribution in [-0.4, -0.2) is 17.4 Å². The van der Waals surface area contributed by atoms with Crippen molar-refractivity contribution in [2.45, 2.75) is 19.5 Å². The fraction of sp³-hybridized carbons (Fsp3) is 0.800. The predicted octanol–water partition coefficient (Wildman–Crippen LogP) is 1.83. The van der Waals surface area contributed by atoms with Gasteiger partial charge in [0.25, 0.3) is 0 Å². The normalized spacial score (nSPS) is 9.91. The third kappa shape index (κ3) is 12.8. The predicted molar refractivity (Wildman–Crippen MR) is 39.3 cm³/mol. The number of alkyl halides is 4. The highest BCUT2D eigenvalue weighted by atomic mass is 79.9. The van der Waals surface area contributed by atoms with E-state index in [1.165, 1.54) is 6.42 Å². The Morgan fingerprint density at radius 1 is 1.55 bits per heavy atom. The average molecular weight is 236 g/mol. The van der Waals surface area contributed by atoms with Crippen molar-refractivity contribution in [2.24, 2.45) is 5.73 Å². The van der Waals surface area contributed by atoms with Gasteiger partial charge in [-0.1, -0.05) is 22.9 Å². The molecule has 2 N–H and O–H groups in total. The summed E-state index contributed by atoms with van der Waals surface area (Å²) in [6.07, 6.45) is -3.62. The third-order valence-electron chi connectivity index (χ3n) is 0.468. The Bertz CT molecular complexity index is 113. The van der Waals surface area contributed by atoms with Crippen molar-refractivity contribution in [3.63, 3.8) is 0 Å². The Kier molecular flexibility index (Phi) is 7.82. The molecule has 6 heteroatoms. The Hall–Kier alpha value is -0.260. The Morgan fingerprint density at radius 2 is 1.73 bits per heavy atom. The van der Waals surface area contributed by atoms with Crippen LogP contribution < -0.4 is 5.73 Å². The minimum Gasteiger partial charge on any atom is -0.362 e. The molecule has 0 saturated heterocycles. The summed E-state index contributed by atoms with van der Waals surface area (Å²) >= 11 is 3.25. The van der Waals surface area contributed by atoms with E-state index in [2.05, 4.69) is 28.6 Å². The lowest BCUT2D eigenvalue weighted by Gasteiger charge is -1.95. The smallest absolute Gasteiger partial charge is 0.362 e. The van der Waals surface area contributed by atoms with Crippen molar-refractivity contribution in [2.75, 3.05) is 5.33 Å². The minimum absolute atomic E-state index is 1.13. The number of halogens is 4. The molecule has 0 bridgehead atoms. The summed E-state index contributed by atoms with van der Waals surface area (Å²) in [6, 6.07) is 0. The van der Waals surface area contributed by atoms with Crippen LogP contribution in [-0.2, 0) is 4.79 Å². The summed E-state index contributed by atoms with van der Waals surface area (Å²) in [4.78, 5) is 9.12. The summed E-state index contributed by atoms with van der Waals surface area (Å²) in [7, 11) is 0. The lowest BCUT2D eigenvalue weighted by molar-refractivity contribution is -0.169. The van der Waals surface area contributed by atoms with Crippen molar-refractivity contribution in [3.8, 4) is 0 Å². The lowest BCUT2D eigenvalue weighted by atomic mass is 10.6. The lowest BCUT2D eigenvalue weighted by Crippen LogP contribution is -2.30. The SMILES string of the molecule is CCCBr.NC(=O)C(F)(F)F. The van der Waals surface area contributed by atoms with Gasteiger partial charge in [-0.3, -0.25) is 4.79 Å². The molecular weight excluding hydrogens is 227 g/mol. The van der Waals surface area contributed by atoms with Crippen LogP contribution in [0, 0.1) is 0 Å². The molecule has 0 spiro atoms. The first kappa shape index (κ1) is 13.3. The van der Waals surface area contributed by atoms with E-state index in [9.17, 15) is 13.2 Å². The van der Waals surface area contributed by atoms with Gasteiger partial charge in [0.2, 0.25) is 0 Å². The summed E-state index contributed by atoms with van der Waals surface area (Å²) in [5, 5.41) is 1.13. The fourth-order valence-electron chi connectivity index (χ4n) is 0. The van der Waals surface area contributed by atoms with Crippen LogP contribution in [0.4, 0.5) is 13.2 Å². The van der Waals surface area contributed by atoms with Gasteiger partial charge in [-0.25, -0.2) is 0 Å². The van der Waals surface area contributed by atoms with Gasteiger partial charge in [-0.15, -0.1) is 0 Å². The van der Waals surface area contributed by atoms with Crippen LogP contribution in [0.2, 0.25) is 0 Å². The molecule has 0 aliphatic rings. The number of carbonyl (C=O) groups excluding carboxylic acids is 1. The highest BCUT2D eigenvalue weighted by molar-refractivity contribution is 9.09. The summed E-state index contributed by atoms with van der Waals surface area (Å²) in [5.41, 5.74) is 3.81. The number of carbonyl (C=O) groups is 1. The largest absolute Gasteiger partial charge is 0.470 e. The Balaban J connectivity index is 0. The van der Waals surface area contributed by atoms with Gasteiger partial charge in [0.1, 0.15) is 0 Å². The minimum atomic E-state index is -4.86. The van der Waals surface area contributed by atoms with Gasteiger partial charge < -0.3 is 5.73 Å². The molecule has 0 unspecified atom stereocenters. The van der Waals surface area contributed by atoms with Crippen molar-refractivity contribution in [3.05, 3.63) is 0 Å². The second-order valence-electron chi connectivity index (χ2n) is 1.55. The first-order valence-corrected chi connectivity index (χ1v) is 3.91. The van der Waals surface area contributed by atoms with E-state index >= 15 is 0 Å². The number of nitrogens with two attached hydrogens (primary N) is 1. The molecule has 0 aromatic heterocycles. The number of primary amides is 1. The van der Waals surface area contributed by atoms with Crippen molar-refractivity contribution < 1.29 is 18.0 Å². The Labute approximate surface area is 71.1 Å². The molecule has 11 heavy (non-hydrogen) atoms. The molecule has 0 aromatic rings. The van der Waals surface area contributed by atoms with Gasteiger partial charge >= 0.3 is 12.1 Å². The van der Waals surface area contributed by atoms with Crippen LogP contribution >= 0.6 is 15.9 Å². The molecule has 0 saturated carbocycles. The van der Waals surface area contributed by atoms with E-state index in [1.807, 2.05) is 0 Å². The van der Waals surface area contributed by atoms with Crippen molar-refractivity contribution >= 4 is 21.8 Å². The van der Waals surface area contributed by atoms with Gasteiger partial charge in [-0.2, -0.15) is 13.2 Å². The number of hydrogen-bond donors (Lipinski definition) is 1. The first-order chi connectivity index (χ1) is 4.86. The molecule has 0 aliphatic heterocycles. The second kappa shape index (κ2) is 6.45.